The van der Waals surface area contributed by atoms with Crippen LogP contribution >= 0.6 is 0 Å². The zero-order valence-corrected chi connectivity index (χ0v) is 8.14. The second kappa shape index (κ2) is 3.87. The van der Waals surface area contributed by atoms with Crippen LogP contribution in [0.5, 0.6) is 0 Å². The van der Waals surface area contributed by atoms with Gasteiger partial charge in [-0.3, -0.25) is 5.73 Å². The molecule has 0 bridgehead atoms. The lowest BCUT2D eigenvalue weighted by Crippen LogP contribution is -3.00. The minimum absolute atomic E-state index is 0. The van der Waals surface area contributed by atoms with Gasteiger partial charge < -0.3 is 12.4 Å². The molecule has 0 aromatic rings. The summed E-state index contributed by atoms with van der Waals surface area (Å²) in [6.45, 7) is 3.95. The highest BCUT2D eigenvalue weighted by atomic mass is 35.5. The van der Waals surface area contributed by atoms with Crippen LogP contribution in [0.1, 0.15) is 13.8 Å². The van der Waals surface area contributed by atoms with Gasteiger partial charge >= 0.3 is 5.91 Å². The maximum absolute atomic E-state index is 11.1. The predicted molar refractivity (Wildman–Crippen MR) is 43.4 cm³/mol. The number of amides is 1. The van der Waals surface area contributed by atoms with Crippen molar-refractivity contribution in [2.75, 3.05) is 0 Å². The summed E-state index contributed by atoms with van der Waals surface area (Å²) in [6, 6.07) is 0. The number of quaternary nitrogens is 1. The van der Waals surface area contributed by atoms with Crippen molar-refractivity contribution in [1.29, 1.82) is 0 Å². The third-order valence-electron chi connectivity index (χ3n) is 2.50. The van der Waals surface area contributed by atoms with Gasteiger partial charge in [-0.15, -0.1) is 0 Å². The Labute approximate surface area is 78.9 Å². The molecule has 1 rings (SSSR count). The summed E-state index contributed by atoms with van der Waals surface area (Å²) < 4.78 is 0. The molecule has 2 nitrogen and oxygen atoms in total. The van der Waals surface area contributed by atoms with Crippen LogP contribution in [0.4, 0.5) is 0 Å². The standard InChI is InChI=1S/C9H13NO.ClH/c1-7-5-3-4-6-9(7,2)8(10)11;/h3-7H,1-2H3,(H2,10,11);1H. The zero-order valence-electron chi connectivity index (χ0n) is 7.38. The average molecular weight is 188 g/mol. The van der Waals surface area contributed by atoms with Crippen LogP contribution in [0.15, 0.2) is 24.3 Å². The second-order valence-corrected chi connectivity index (χ2v) is 3.24. The fourth-order valence-electron chi connectivity index (χ4n) is 1.18. The van der Waals surface area contributed by atoms with Gasteiger partial charge in [-0.1, -0.05) is 31.2 Å². The maximum atomic E-state index is 11.1. The number of carbonyl (C=O) groups is 1. The average Bonchev–Trinajstić information content (AvgIpc) is 1.95. The Morgan fingerprint density at radius 1 is 1.50 bits per heavy atom. The molecule has 0 saturated heterocycles. The Morgan fingerprint density at radius 2 is 2.08 bits per heavy atom. The quantitative estimate of drug-likeness (QED) is 0.486. The lowest BCUT2D eigenvalue weighted by Gasteiger charge is -2.26. The highest BCUT2D eigenvalue weighted by Crippen LogP contribution is 2.31. The van der Waals surface area contributed by atoms with Crippen molar-refractivity contribution >= 4 is 5.91 Å². The Morgan fingerprint density at radius 3 is 2.42 bits per heavy atom. The molecule has 1 aliphatic rings. The van der Waals surface area contributed by atoms with Gasteiger partial charge in [0.1, 0.15) is 5.41 Å². The van der Waals surface area contributed by atoms with Crippen molar-refractivity contribution < 1.29 is 22.9 Å². The molecule has 0 heterocycles. The maximum Gasteiger partial charge on any atom is 0.319 e. The van der Waals surface area contributed by atoms with Crippen molar-refractivity contribution in [2.45, 2.75) is 13.8 Å². The molecule has 0 aliphatic heterocycles. The molecule has 0 saturated carbocycles. The molecule has 1 aliphatic carbocycles. The summed E-state index contributed by atoms with van der Waals surface area (Å²) in [6.07, 6.45) is 7.83. The summed E-state index contributed by atoms with van der Waals surface area (Å²) in [5, 5.41) is 0. The van der Waals surface area contributed by atoms with Crippen molar-refractivity contribution in [3.8, 4) is 0 Å². The molecule has 0 radical (unpaired) electrons. The summed E-state index contributed by atoms with van der Waals surface area (Å²) in [5.74, 6) is 0.253. The lowest BCUT2D eigenvalue weighted by atomic mass is 9.75. The third kappa shape index (κ3) is 1.76. The minimum Gasteiger partial charge on any atom is -1.00 e. The van der Waals surface area contributed by atoms with Gasteiger partial charge in [-0.05, 0) is 12.8 Å². The largest absolute Gasteiger partial charge is 1.00 e. The predicted octanol–water partition coefficient (Wildman–Crippen LogP) is -2.47. The number of hydrogen-bond donors (Lipinski definition) is 1. The molecule has 1 amide bonds. The van der Waals surface area contributed by atoms with E-state index in [2.05, 4.69) is 5.73 Å². The van der Waals surface area contributed by atoms with Gasteiger partial charge in [-0.25, -0.2) is 4.79 Å². The van der Waals surface area contributed by atoms with Crippen LogP contribution < -0.4 is 18.1 Å². The molecular weight excluding hydrogens is 174 g/mol. The SMILES string of the molecule is CC1C=CC=CC1(C)C([NH3+])=O.[Cl-]. The first-order valence-corrected chi connectivity index (χ1v) is 3.80. The minimum atomic E-state index is -0.380. The zero-order chi connectivity index (χ0) is 8.48. The Hall–Kier alpha value is -0.600. The Bertz CT molecular complexity index is 235. The molecule has 0 spiro atoms. The first-order valence-electron chi connectivity index (χ1n) is 3.80. The fraction of sp³-hybridized carbons (Fsp3) is 0.444. The van der Waals surface area contributed by atoms with Gasteiger partial charge in [-0.2, -0.15) is 0 Å². The number of carbonyl (C=O) groups excluding carboxylic acids is 1. The van der Waals surface area contributed by atoms with Gasteiger partial charge in [0.05, 0.1) is 0 Å². The van der Waals surface area contributed by atoms with Crippen LogP contribution in [-0.4, -0.2) is 5.91 Å². The van der Waals surface area contributed by atoms with Gasteiger partial charge in [0.2, 0.25) is 0 Å². The molecule has 0 fully saturated rings. The van der Waals surface area contributed by atoms with E-state index in [0.717, 1.165) is 0 Å². The first-order chi connectivity index (χ1) is 5.07. The molecule has 0 aromatic carbocycles. The smallest absolute Gasteiger partial charge is 0.319 e. The van der Waals surface area contributed by atoms with Crippen LogP contribution in [0.2, 0.25) is 0 Å². The van der Waals surface area contributed by atoms with Crippen molar-refractivity contribution in [3.63, 3.8) is 0 Å². The lowest BCUT2D eigenvalue weighted by molar-refractivity contribution is -0.317. The fourth-order valence-corrected chi connectivity index (χ4v) is 1.18. The molecule has 0 aromatic heterocycles. The van der Waals surface area contributed by atoms with E-state index in [0.29, 0.717) is 0 Å². The van der Waals surface area contributed by atoms with Crippen LogP contribution in [0.3, 0.4) is 0 Å². The topological polar surface area (TPSA) is 44.7 Å². The molecule has 12 heavy (non-hydrogen) atoms. The second-order valence-electron chi connectivity index (χ2n) is 3.24. The number of allylic oxidation sites excluding steroid dienone is 3. The van der Waals surface area contributed by atoms with Crippen molar-refractivity contribution in [1.82, 2.24) is 0 Å². The first kappa shape index (κ1) is 11.4. The molecule has 3 heteroatoms. The van der Waals surface area contributed by atoms with E-state index in [1.54, 1.807) is 0 Å². The highest BCUT2D eigenvalue weighted by molar-refractivity contribution is 5.75. The van der Waals surface area contributed by atoms with Gasteiger partial charge in [0.15, 0.2) is 0 Å². The monoisotopic (exact) mass is 187 g/mol. The van der Waals surface area contributed by atoms with E-state index in [1.165, 1.54) is 0 Å². The Kier molecular flexibility index (Phi) is 3.68. The number of rotatable bonds is 1. The molecular formula is C9H14ClNO. The summed E-state index contributed by atoms with van der Waals surface area (Å²) in [4.78, 5) is 11.1. The summed E-state index contributed by atoms with van der Waals surface area (Å²) in [5.41, 5.74) is 3.08. The van der Waals surface area contributed by atoms with E-state index >= 15 is 0 Å². The van der Waals surface area contributed by atoms with E-state index in [1.807, 2.05) is 38.2 Å². The highest BCUT2D eigenvalue weighted by Gasteiger charge is 2.37. The Balaban J connectivity index is 0.00000121. The number of hydrogen-bond acceptors (Lipinski definition) is 1. The van der Waals surface area contributed by atoms with E-state index < -0.39 is 0 Å². The molecule has 2 unspecified atom stereocenters. The van der Waals surface area contributed by atoms with Crippen LogP contribution in [0, 0.1) is 11.3 Å². The normalized spacial score (nSPS) is 32.8. The molecule has 2 atom stereocenters. The van der Waals surface area contributed by atoms with Crippen molar-refractivity contribution in [2.24, 2.45) is 11.3 Å². The third-order valence-corrected chi connectivity index (χ3v) is 2.50. The summed E-state index contributed by atoms with van der Waals surface area (Å²) >= 11 is 0. The molecule has 3 N–H and O–H groups in total. The summed E-state index contributed by atoms with van der Waals surface area (Å²) in [7, 11) is 0. The van der Waals surface area contributed by atoms with E-state index in [4.69, 9.17) is 0 Å². The van der Waals surface area contributed by atoms with Crippen LogP contribution in [0.25, 0.3) is 0 Å². The van der Waals surface area contributed by atoms with E-state index in [-0.39, 0.29) is 29.6 Å². The van der Waals surface area contributed by atoms with Gasteiger partial charge in [0.25, 0.3) is 0 Å². The van der Waals surface area contributed by atoms with Gasteiger partial charge in [0, 0.05) is 0 Å². The van der Waals surface area contributed by atoms with Crippen LogP contribution in [-0.2, 0) is 4.79 Å². The molecule has 68 valence electrons. The van der Waals surface area contributed by atoms with Crippen molar-refractivity contribution in [3.05, 3.63) is 24.3 Å². The van der Waals surface area contributed by atoms with E-state index in [9.17, 15) is 4.79 Å². The number of halogens is 1.